The molecule has 0 aliphatic rings. The summed E-state index contributed by atoms with van der Waals surface area (Å²) in [5.41, 5.74) is 5.51. The molecule has 2 amide bonds. The van der Waals surface area contributed by atoms with Gasteiger partial charge in [-0.3, -0.25) is 25.2 Å². The van der Waals surface area contributed by atoms with Gasteiger partial charge in [0.25, 0.3) is 21.8 Å². The number of carbonyl (C=O) groups is 2. The van der Waals surface area contributed by atoms with Crippen LogP contribution in [0.5, 0.6) is 11.5 Å². The summed E-state index contributed by atoms with van der Waals surface area (Å²) in [4.78, 5) is 24.1. The molecule has 9 nitrogen and oxygen atoms in total. The van der Waals surface area contributed by atoms with E-state index in [1.165, 1.54) is 37.4 Å². The van der Waals surface area contributed by atoms with Crippen molar-refractivity contribution in [2.75, 3.05) is 18.4 Å². The third-order valence-corrected chi connectivity index (χ3v) is 5.93. The van der Waals surface area contributed by atoms with E-state index in [0.717, 1.165) is 11.6 Å². The number of nitrogens with one attached hydrogen (secondary N) is 3. The molecule has 0 aromatic heterocycles. The first-order valence-corrected chi connectivity index (χ1v) is 11.4. The lowest BCUT2D eigenvalue weighted by Gasteiger charge is -2.14. The Balaban J connectivity index is 1.68. The zero-order valence-electron chi connectivity index (χ0n) is 18.3. The summed E-state index contributed by atoms with van der Waals surface area (Å²) >= 11 is 0. The summed E-state index contributed by atoms with van der Waals surface area (Å²) in [6.07, 6.45) is 0. The van der Waals surface area contributed by atoms with Crippen molar-refractivity contribution >= 4 is 27.5 Å². The molecule has 0 radical (unpaired) electrons. The lowest BCUT2D eigenvalue weighted by Crippen LogP contribution is -2.43. The highest BCUT2D eigenvalue weighted by Crippen LogP contribution is 2.27. The maximum Gasteiger partial charge on any atom is 0.276 e. The zero-order chi connectivity index (χ0) is 24.7. The topological polar surface area (TPSA) is 123 Å². The van der Waals surface area contributed by atoms with Crippen molar-refractivity contribution in [3.05, 3.63) is 83.7 Å². The van der Waals surface area contributed by atoms with Crippen LogP contribution >= 0.6 is 0 Å². The molecule has 11 heteroatoms. The Morgan fingerprint density at radius 3 is 2.32 bits per heavy atom. The molecule has 34 heavy (non-hydrogen) atoms. The van der Waals surface area contributed by atoms with Crippen LogP contribution in [0.15, 0.2) is 71.6 Å². The smallest absolute Gasteiger partial charge is 0.276 e. The molecule has 0 aliphatic heterocycles. The van der Waals surface area contributed by atoms with Crippen LogP contribution in [0.25, 0.3) is 0 Å². The largest absolute Gasteiger partial charge is 0.495 e. The molecule has 0 aliphatic carbocycles. The van der Waals surface area contributed by atoms with E-state index in [4.69, 9.17) is 9.47 Å². The minimum Gasteiger partial charge on any atom is -0.495 e. The molecule has 0 unspecified atom stereocenters. The van der Waals surface area contributed by atoms with Gasteiger partial charge in [0.15, 0.2) is 18.2 Å². The second-order valence-electron chi connectivity index (χ2n) is 7.06. The van der Waals surface area contributed by atoms with Crippen LogP contribution in [0.4, 0.5) is 10.1 Å². The fourth-order valence-corrected chi connectivity index (χ4v) is 4.05. The SMILES string of the molecule is COc1ccc(C(=O)NNC(=O)COc2ccccc2F)cc1S(=O)(=O)Nc1ccc(C)cc1. The van der Waals surface area contributed by atoms with Crippen molar-refractivity contribution in [3.63, 3.8) is 0 Å². The molecule has 0 atom stereocenters. The van der Waals surface area contributed by atoms with Gasteiger partial charge in [0, 0.05) is 11.3 Å². The number of hydrogen-bond donors (Lipinski definition) is 3. The highest BCUT2D eigenvalue weighted by Gasteiger charge is 2.22. The van der Waals surface area contributed by atoms with E-state index in [1.807, 2.05) is 6.92 Å². The summed E-state index contributed by atoms with van der Waals surface area (Å²) in [5, 5.41) is 0. The third-order valence-electron chi connectivity index (χ3n) is 4.53. The average Bonchev–Trinajstić information content (AvgIpc) is 2.83. The average molecular weight is 488 g/mol. The van der Waals surface area contributed by atoms with Gasteiger partial charge in [-0.1, -0.05) is 29.8 Å². The van der Waals surface area contributed by atoms with E-state index in [2.05, 4.69) is 15.6 Å². The minimum atomic E-state index is -4.10. The van der Waals surface area contributed by atoms with Crippen LogP contribution in [-0.2, 0) is 14.8 Å². The molecular formula is C23H22FN3O6S. The molecule has 3 aromatic rings. The van der Waals surface area contributed by atoms with Gasteiger partial charge in [0.1, 0.15) is 10.6 Å². The fourth-order valence-electron chi connectivity index (χ4n) is 2.80. The first kappa shape index (κ1) is 24.5. The molecule has 0 saturated carbocycles. The van der Waals surface area contributed by atoms with Gasteiger partial charge >= 0.3 is 0 Å². The number of sulfonamides is 1. The van der Waals surface area contributed by atoms with E-state index in [1.54, 1.807) is 30.3 Å². The molecule has 0 bridgehead atoms. The van der Waals surface area contributed by atoms with Crippen LogP contribution in [0.3, 0.4) is 0 Å². The van der Waals surface area contributed by atoms with Crippen LogP contribution in [0.1, 0.15) is 15.9 Å². The number of hydrazine groups is 1. The first-order valence-electron chi connectivity index (χ1n) is 9.93. The number of ether oxygens (including phenoxy) is 2. The number of hydrogen-bond acceptors (Lipinski definition) is 6. The van der Waals surface area contributed by atoms with Crippen molar-refractivity contribution in [2.24, 2.45) is 0 Å². The molecular weight excluding hydrogens is 465 g/mol. The highest BCUT2D eigenvalue weighted by atomic mass is 32.2. The van der Waals surface area contributed by atoms with Crippen molar-refractivity contribution in [1.29, 1.82) is 0 Å². The van der Waals surface area contributed by atoms with Gasteiger partial charge in [-0.15, -0.1) is 0 Å². The maximum atomic E-state index is 13.5. The highest BCUT2D eigenvalue weighted by molar-refractivity contribution is 7.92. The molecule has 0 heterocycles. The summed E-state index contributed by atoms with van der Waals surface area (Å²) in [6.45, 7) is 1.32. The van der Waals surface area contributed by atoms with Gasteiger partial charge in [-0.2, -0.15) is 0 Å². The number of aryl methyl sites for hydroxylation is 1. The summed E-state index contributed by atoms with van der Waals surface area (Å²) < 4.78 is 52.0. The Kier molecular flexibility index (Phi) is 7.69. The molecule has 0 saturated heterocycles. The predicted molar refractivity (Wildman–Crippen MR) is 122 cm³/mol. The Labute approximate surface area is 195 Å². The zero-order valence-corrected chi connectivity index (χ0v) is 19.1. The van der Waals surface area contributed by atoms with Crippen molar-refractivity contribution in [2.45, 2.75) is 11.8 Å². The van der Waals surface area contributed by atoms with E-state index in [-0.39, 0.29) is 22.0 Å². The van der Waals surface area contributed by atoms with Crippen LogP contribution < -0.4 is 25.0 Å². The molecule has 178 valence electrons. The summed E-state index contributed by atoms with van der Waals surface area (Å²) in [5.74, 6) is -2.26. The lowest BCUT2D eigenvalue weighted by atomic mass is 10.2. The van der Waals surface area contributed by atoms with E-state index in [0.29, 0.717) is 5.69 Å². The molecule has 3 rings (SSSR count). The first-order chi connectivity index (χ1) is 16.2. The molecule has 0 spiro atoms. The minimum absolute atomic E-state index is 0.0264. The monoisotopic (exact) mass is 487 g/mol. The Morgan fingerprint density at radius 1 is 0.941 bits per heavy atom. The number of anilines is 1. The quantitative estimate of drug-likeness (QED) is 0.420. The second kappa shape index (κ2) is 10.7. The second-order valence-corrected chi connectivity index (χ2v) is 8.71. The van der Waals surface area contributed by atoms with E-state index >= 15 is 0 Å². The van der Waals surface area contributed by atoms with E-state index in [9.17, 15) is 22.4 Å². The summed E-state index contributed by atoms with van der Waals surface area (Å²) in [6, 6.07) is 16.0. The number of para-hydroxylation sites is 1. The van der Waals surface area contributed by atoms with Crippen molar-refractivity contribution in [3.8, 4) is 11.5 Å². The maximum absolute atomic E-state index is 13.5. The Hall–Kier alpha value is -4.12. The molecule has 3 aromatic carbocycles. The third kappa shape index (κ3) is 6.23. The number of methoxy groups -OCH3 is 1. The number of rotatable bonds is 8. The van der Waals surface area contributed by atoms with Crippen molar-refractivity contribution in [1.82, 2.24) is 10.9 Å². The molecule has 0 fully saturated rings. The van der Waals surface area contributed by atoms with Crippen LogP contribution in [0.2, 0.25) is 0 Å². The van der Waals surface area contributed by atoms with Gasteiger partial charge in [0.05, 0.1) is 7.11 Å². The Morgan fingerprint density at radius 2 is 1.65 bits per heavy atom. The van der Waals surface area contributed by atoms with Gasteiger partial charge in [-0.25, -0.2) is 12.8 Å². The standard InChI is InChI=1S/C23H22FN3O6S/c1-15-7-10-17(11-8-15)27-34(30,31)21-13-16(9-12-20(21)32-2)23(29)26-25-22(28)14-33-19-6-4-3-5-18(19)24/h3-13,27H,14H2,1-2H3,(H,25,28)(H,26,29). The number of benzene rings is 3. The van der Waals surface area contributed by atoms with Gasteiger partial charge < -0.3 is 9.47 Å². The fraction of sp³-hybridized carbons (Fsp3) is 0.130. The van der Waals surface area contributed by atoms with Gasteiger partial charge in [-0.05, 0) is 49.4 Å². The normalized spacial score (nSPS) is 10.8. The van der Waals surface area contributed by atoms with Crippen LogP contribution in [-0.4, -0.2) is 33.9 Å². The van der Waals surface area contributed by atoms with Crippen LogP contribution in [0, 0.1) is 12.7 Å². The summed E-state index contributed by atoms with van der Waals surface area (Å²) in [7, 11) is -2.80. The number of halogens is 1. The van der Waals surface area contributed by atoms with Crippen molar-refractivity contribution < 1.29 is 31.9 Å². The van der Waals surface area contributed by atoms with E-state index < -0.39 is 34.3 Å². The lowest BCUT2D eigenvalue weighted by molar-refractivity contribution is -0.123. The Bertz CT molecular complexity index is 1300. The number of amides is 2. The molecule has 3 N–H and O–H groups in total. The van der Waals surface area contributed by atoms with Gasteiger partial charge in [0.2, 0.25) is 0 Å². The predicted octanol–water partition coefficient (Wildman–Crippen LogP) is 2.78. The number of carbonyl (C=O) groups excluding carboxylic acids is 2.